The fourth-order valence-corrected chi connectivity index (χ4v) is 4.23. The van der Waals surface area contributed by atoms with Crippen molar-refractivity contribution in [3.05, 3.63) is 29.8 Å². The fraction of sp³-hybridized carbons (Fsp3) is 0.667. The third-order valence-electron chi connectivity index (χ3n) is 5.93. The van der Waals surface area contributed by atoms with Crippen molar-refractivity contribution in [3.63, 3.8) is 0 Å². The van der Waals surface area contributed by atoms with E-state index in [0.717, 1.165) is 32.5 Å². The first-order valence-corrected chi connectivity index (χ1v) is 10.00. The van der Waals surface area contributed by atoms with Gasteiger partial charge in [0.2, 0.25) is 5.91 Å². The van der Waals surface area contributed by atoms with E-state index >= 15 is 0 Å². The van der Waals surface area contributed by atoms with Gasteiger partial charge in [0, 0.05) is 51.4 Å². The minimum atomic E-state index is 0.213. The van der Waals surface area contributed by atoms with Gasteiger partial charge < -0.3 is 15.1 Å². The second-order valence-corrected chi connectivity index (χ2v) is 7.62. The van der Waals surface area contributed by atoms with Gasteiger partial charge in [-0.1, -0.05) is 25.5 Å². The van der Waals surface area contributed by atoms with Crippen molar-refractivity contribution < 1.29 is 4.79 Å². The van der Waals surface area contributed by atoms with Crippen LogP contribution >= 0.6 is 0 Å². The lowest BCUT2D eigenvalue weighted by Gasteiger charge is -2.38. The molecule has 0 bridgehead atoms. The molecule has 2 atom stereocenters. The first-order valence-electron chi connectivity index (χ1n) is 10.00. The average molecular weight is 344 g/mol. The lowest BCUT2D eigenvalue weighted by atomic mass is 9.89. The van der Waals surface area contributed by atoms with Crippen LogP contribution in [0.2, 0.25) is 0 Å². The number of rotatable bonds is 5. The number of hydrogen-bond donors (Lipinski definition) is 1. The lowest BCUT2D eigenvalue weighted by Crippen LogP contribution is -2.50. The molecule has 4 nitrogen and oxygen atoms in total. The quantitative estimate of drug-likeness (QED) is 0.890. The molecule has 25 heavy (non-hydrogen) atoms. The van der Waals surface area contributed by atoms with E-state index in [9.17, 15) is 4.79 Å². The molecule has 1 N–H and O–H groups in total. The molecule has 0 radical (unpaired) electrons. The Labute approximate surface area is 152 Å². The zero-order valence-corrected chi connectivity index (χ0v) is 15.8. The molecule has 2 fully saturated rings. The van der Waals surface area contributed by atoms with Crippen molar-refractivity contribution in [2.45, 2.75) is 58.5 Å². The molecule has 2 saturated heterocycles. The maximum absolute atomic E-state index is 11.6. The van der Waals surface area contributed by atoms with Gasteiger partial charge >= 0.3 is 0 Å². The van der Waals surface area contributed by atoms with E-state index in [1.807, 2.05) is 4.90 Å². The van der Waals surface area contributed by atoms with E-state index in [2.05, 4.69) is 41.4 Å². The predicted octanol–water partition coefficient (Wildman–Crippen LogP) is 3.41. The summed E-state index contributed by atoms with van der Waals surface area (Å²) in [4.78, 5) is 16.1. The van der Waals surface area contributed by atoms with Crippen LogP contribution in [0.5, 0.6) is 0 Å². The maximum Gasteiger partial charge on any atom is 0.219 e. The van der Waals surface area contributed by atoms with Gasteiger partial charge in [-0.25, -0.2) is 0 Å². The minimum absolute atomic E-state index is 0.213. The predicted molar refractivity (Wildman–Crippen MR) is 104 cm³/mol. The van der Waals surface area contributed by atoms with Crippen molar-refractivity contribution >= 4 is 11.6 Å². The summed E-state index contributed by atoms with van der Waals surface area (Å²) in [7, 11) is 0. The highest BCUT2D eigenvalue weighted by molar-refractivity contribution is 5.73. The Balaban J connectivity index is 1.51. The first kappa shape index (κ1) is 18.2. The van der Waals surface area contributed by atoms with E-state index < -0.39 is 0 Å². The summed E-state index contributed by atoms with van der Waals surface area (Å²) < 4.78 is 0. The molecule has 2 aliphatic rings. The van der Waals surface area contributed by atoms with Crippen molar-refractivity contribution in [1.82, 2.24) is 10.2 Å². The van der Waals surface area contributed by atoms with Crippen LogP contribution < -0.4 is 10.2 Å². The molecular weight excluding hydrogens is 310 g/mol. The standard InChI is InChI=1S/C21H33N3O/c1-3-19-16-24(17(2)25)14-11-21(19)22-15-18-7-9-20(10-8-18)23-12-5-4-6-13-23/h7-10,19,21-22H,3-6,11-16H2,1-2H3/t19-,21-/m0/s1. The normalized spacial score (nSPS) is 24.4. The summed E-state index contributed by atoms with van der Waals surface area (Å²) in [5.41, 5.74) is 2.72. The molecule has 138 valence electrons. The zero-order valence-electron chi connectivity index (χ0n) is 15.8. The first-order chi connectivity index (χ1) is 12.2. The Hall–Kier alpha value is -1.55. The van der Waals surface area contributed by atoms with Crippen LogP contribution in [-0.4, -0.2) is 43.0 Å². The third kappa shape index (κ3) is 4.75. The summed E-state index contributed by atoms with van der Waals surface area (Å²) in [5, 5.41) is 3.75. The van der Waals surface area contributed by atoms with Crippen LogP contribution in [0.15, 0.2) is 24.3 Å². The van der Waals surface area contributed by atoms with Gasteiger partial charge in [-0.3, -0.25) is 4.79 Å². The highest BCUT2D eigenvalue weighted by Gasteiger charge is 2.28. The van der Waals surface area contributed by atoms with Crippen LogP contribution in [0.3, 0.4) is 0 Å². The van der Waals surface area contributed by atoms with E-state index in [0.29, 0.717) is 12.0 Å². The van der Waals surface area contributed by atoms with Crippen LogP contribution in [0.25, 0.3) is 0 Å². The number of piperidine rings is 2. The van der Waals surface area contributed by atoms with Crippen molar-refractivity contribution in [3.8, 4) is 0 Å². The van der Waals surface area contributed by atoms with E-state index in [1.54, 1.807) is 6.92 Å². The molecule has 0 aromatic heterocycles. The van der Waals surface area contributed by atoms with Crippen molar-refractivity contribution in [1.29, 1.82) is 0 Å². The van der Waals surface area contributed by atoms with Crippen LogP contribution in [0, 0.1) is 5.92 Å². The van der Waals surface area contributed by atoms with Gasteiger partial charge in [0.05, 0.1) is 0 Å². The van der Waals surface area contributed by atoms with Crippen LogP contribution in [0.4, 0.5) is 5.69 Å². The largest absolute Gasteiger partial charge is 0.372 e. The Morgan fingerprint density at radius 2 is 1.84 bits per heavy atom. The molecule has 3 rings (SSSR count). The van der Waals surface area contributed by atoms with Gasteiger partial charge in [0.15, 0.2) is 0 Å². The molecule has 1 amide bonds. The van der Waals surface area contributed by atoms with Gasteiger partial charge in [-0.15, -0.1) is 0 Å². The number of carbonyl (C=O) groups is 1. The van der Waals surface area contributed by atoms with Crippen LogP contribution in [-0.2, 0) is 11.3 Å². The number of nitrogens with zero attached hydrogens (tertiary/aromatic N) is 2. The number of amides is 1. The summed E-state index contributed by atoms with van der Waals surface area (Å²) in [6, 6.07) is 9.60. The van der Waals surface area contributed by atoms with E-state index in [1.165, 1.54) is 43.6 Å². The number of hydrogen-bond acceptors (Lipinski definition) is 3. The van der Waals surface area contributed by atoms with E-state index in [4.69, 9.17) is 0 Å². The molecule has 2 aliphatic heterocycles. The fourth-order valence-electron chi connectivity index (χ4n) is 4.23. The molecule has 1 aromatic carbocycles. The Bertz CT molecular complexity index is 551. The van der Waals surface area contributed by atoms with Gasteiger partial charge in [-0.2, -0.15) is 0 Å². The molecule has 1 aromatic rings. The van der Waals surface area contributed by atoms with Crippen LogP contribution in [0.1, 0.15) is 51.5 Å². The van der Waals surface area contributed by atoms with Gasteiger partial charge in [0.25, 0.3) is 0 Å². The number of likely N-dealkylation sites (tertiary alicyclic amines) is 1. The molecular formula is C21H33N3O. The summed E-state index contributed by atoms with van der Waals surface area (Å²) >= 11 is 0. The summed E-state index contributed by atoms with van der Waals surface area (Å²) in [6.45, 7) is 9.02. The number of carbonyl (C=O) groups excluding carboxylic acids is 1. The molecule has 0 aliphatic carbocycles. The highest BCUT2D eigenvalue weighted by atomic mass is 16.2. The van der Waals surface area contributed by atoms with Crippen molar-refractivity contribution in [2.75, 3.05) is 31.1 Å². The average Bonchev–Trinajstić information content (AvgIpc) is 2.67. The third-order valence-corrected chi connectivity index (χ3v) is 5.93. The number of benzene rings is 1. The molecule has 0 unspecified atom stereocenters. The Kier molecular flexibility index (Phi) is 6.35. The Morgan fingerprint density at radius 3 is 2.48 bits per heavy atom. The minimum Gasteiger partial charge on any atom is -0.372 e. The lowest BCUT2D eigenvalue weighted by molar-refractivity contribution is -0.131. The summed E-state index contributed by atoms with van der Waals surface area (Å²) in [5.74, 6) is 0.774. The molecule has 2 heterocycles. The second kappa shape index (κ2) is 8.70. The number of nitrogens with one attached hydrogen (secondary N) is 1. The molecule has 0 spiro atoms. The number of anilines is 1. The van der Waals surface area contributed by atoms with Gasteiger partial charge in [0.1, 0.15) is 0 Å². The maximum atomic E-state index is 11.6. The van der Waals surface area contributed by atoms with E-state index in [-0.39, 0.29) is 5.91 Å². The SMILES string of the molecule is CC[C@H]1CN(C(C)=O)CC[C@@H]1NCc1ccc(N2CCCCC2)cc1. The van der Waals surface area contributed by atoms with Crippen molar-refractivity contribution in [2.24, 2.45) is 5.92 Å². The molecule has 0 saturated carbocycles. The smallest absolute Gasteiger partial charge is 0.219 e. The monoisotopic (exact) mass is 343 g/mol. The summed E-state index contributed by atoms with van der Waals surface area (Å²) in [6.07, 6.45) is 6.19. The van der Waals surface area contributed by atoms with Gasteiger partial charge in [-0.05, 0) is 49.3 Å². The Morgan fingerprint density at radius 1 is 1.12 bits per heavy atom. The highest BCUT2D eigenvalue weighted by Crippen LogP contribution is 2.22. The molecule has 4 heteroatoms. The topological polar surface area (TPSA) is 35.6 Å². The second-order valence-electron chi connectivity index (χ2n) is 7.62. The zero-order chi connectivity index (χ0) is 17.6.